The normalized spacial score (nSPS) is 11.2. The Balaban J connectivity index is 0.00000264. The van der Waals surface area contributed by atoms with E-state index in [2.05, 4.69) is 10.3 Å². The molecule has 0 unspecified atom stereocenters. The van der Waals surface area contributed by atoms with Crippen molar-refractivity contribution in [2.75, 3.05) is 7.11 Å². The van der Waals surface area contributed by atoms with E-state index in [1.54, 1.807) is 30.5 Å². The number of carbonyl (C=O) groups excluding carboxylic acids is 1. The van der Waals surface area contributed by atoms with Crippen LogP contribution in [-0.2, 0) is 16.1 Å². The van der Waals surface area contributed by atoms with Crippen molar-refractivity contribution in [2.45, 2.75) is 12.6 Å². The molecule has 0 spiro atoms. The van der Waals surface area contributed by atoms with Gasteiger partial charge >= 0.3 is 0 Å². The van der Waals surface area contributed by atoms with Crippen molar-refractivity contribution in [1.82, 2.24) is 10.3 Å². The Bertz CT molecular complexity index is 647. The molecule has 2 rings (SSSR count). The van der Waals surface area contributed by atoms with Gasteiger partial charge < -0.3 is 15.8 Å². The van der Waals surface area contributed by atoms with Crippen LogP contribution in [0, 0.1) is 5.41 Å². The summed E-state index contributed by atoms with van der Waals surface area (Å²) in [7, 11) is 1.47. The molecule has 1 aromatic heterocycles. The van der Waals surface area contributed by atoms with Gasteiger partial charge in [0.25, 0.3) is 5.91 Å². The van der Waals surface area contributed by atoms with Gasteiger partial charge in [-0.05, 0) is 17.7 Å². The van der Waals surface area contributed by atoms with Gasteiger partial charge in [-0.25, -0.2) is 0 Å². The summed E-state index contributed by atoms with van der Waals surface area (Å²) in [5, 5.41) is 10.1. The van der Waals surface area contributed by atoms with Crippen molar-refractivity contribution in [1.29, 1.82) is 5.41 Å². The summed E-state index contributed by atoms with van der Waals surface area (Å²) in [5.41, 5.74) is 7.53. The van der Waals surface area contributed by atoms with Gasteiger partial charge in [0.15, 0.2) is 6.10 Å². The quantitative estimate of drug-likeness (QED) is 0.553. The molecule has 1 atom stereocenters. The summed E-state index contributed by atoms with van der Waals surface area (Å²) in [6, 6.07) is 12.5. The van der Waals surface area contributed by atoms with E-state index < -0.39 is 6.10 Å². The Labute approximate surface area is 141 Å². The minimum atomic E-state index is -0.738. The first-order valence-corrected chi connectivity index (χ1v) is 6.76. The van der Waals surface area contributed by atoms with Crippen molar-refractivity contribution in [3.8, 4) is 0 Å². The van der Waals surface area contributed by atoms with Crippen molar-refractivity contribution < 1.29 is 9.53 Å². The van der Waals surface area contributed by atoms with Crippen LogP contribution in [0.1, 0.15) is 22.9 Å². The fourth-order valence-electron chi connectivity index (χ4n) is 1.98. The van der Waals surface area contributed by atoms with Gasteiger partial charge in [0.1, 0.15) is 5.84 Å². The summed E-state index contributed by atoms with van der Waals surface area (Å²) >= 11 is 0. The van der Waals surface area contributed by atoms with E-state index >= 15 is 0 Å². The Morgan fingerprint density at radius 3 is 2.52 bits per heavy atom. The summed E-state index contributed by atoms with van der Waals surface area (Å²) < 4.78 is 5.22. The minimum Gasteiger partial charge on any atom is -0.384 e. The number of hydrogen-bond acceptors (Lipinski definition) is 4. The second kappa shape index (κ2) is 8.87. The number of amides is 1. The minimum absolute atomic E-state index is 0. The third-order valence-corrected chi connectivity index (χ3v) is 3.16. The Morgan fingerprint density at radius 2 is 2.00 bits per heavy atom. The third kappa shape index (κ3) is 5.05. The molecule has 7 heteroatoms. The summed E-state index contributed by atoms with van der Waals surface area (Å²) in [6.45, 7) is 0.365. The van der Waals surface area contributed by atoms with E-state index in [9.17, 15) is 4.79 Å². The molecular formula is C16H19ClN4O2. The van der Waals surface area contributed by atoms with Crippen LogP contribution in [0.3, 0.4) is 0 Å². The highest BCUT2D eigenvalue weighted by atomic mass is 35.5. The van der Waals surface area contributed by atoms with E-state index in [1.807, 2.05) is 18.2 Å². The second-order valence-corrected chi connectivity index (χ2v) is 4.70. The van der Waals surface area contributed by atoms with E-state index in [0.717, 1.165) is 5.56 Å². The highest BCUT2D eigenvalue weighted by Crippen LogP contribution is 2.14. The van der Waals surface area contributed by atoms with Crippen molar-refractivity contribution >= 4 is 24.1 Å². The number of carbonyl (C=O) groups is 1. The van der Waals surface area contributed by atoms with Gasteiger partial charge in [-0.2, -0.15) is 0 Å². The molecule has 1 amide bonds. The van der Waals surface area contributed by atoms with Crippen LogP contribution in [0.4, 0.5) is 0 Å². The number of amidine groups is 1. The number of nitrogens with zero attached hydrogens (tertiary/aromatic N) is 1. The number of ether oxygens (including phenoxy) is 1. The number of aromatic nitrogens is 1. The molecule has 0 bridgehead atoms. The number of nitrogen functional groups attached to an aromatic ring is 1. The Morgan fingerprint density at radius 1 is 1.30 bits per heavy atom. The zero-order valence-electron chi connectivity index (χ0n) is 12.7. The first-order chi connectivity index (χ1) is 10.6. The predicted molar refractivity (Wildman–Crippen MR) is 90.5 cm³/mol. The number of nitrogens with one attached hydrogen (secondary N) is 2. The van der Waals surface area contributed by atoms with Crippen LogP contribution in [0.25, 0.3) is 0 Å². The van der Waals surface area contributed by atoms with Gasteiger partial charge in [0.2, 0.25) is 0 Å². The average molecular weight is 335 g/mol. The van der Waals surface area contributed by atoms with Gasteiger partial charge in [0.05, 0.1) is 5.69 Å². The van der Waals surface area contributed by atoms with Crippen LogP contribution in [0.15, 0.2) is 48.7 Å². The number of pyridine rings is 1. The van der Waals surface area contributed by atoms with Crippen LogP contribution in [0.5, 0.6) is 0 Å². The van der Waals surface area contributed by atoms with Crippen molar-refractivity contribution in [2.24, 2.45) is 5.73 Å². The van der Waals surface area contributed by atoms with Crippen molar-refractivity contribution in [3.63, 3.8) is 0 Å². The molecule has 0 saturated heterocycles. The lowest BCUT2D eigenvalue weighted by atomic mass is 10.1. The van der Waals surface area contributed by atoms with Crippen LogP contribution >= 0.6 is 12.4 Å². The summed E-state index contributed by atoms with van der Waals surface area (Å²) in [4.78, 5) is 16.3. The average Bonchev–Trinajstić information content (AvgIpc) is 2.55. The molecule has 4 N–H and O–H groups in total. The number of methoxy groups -OCH3 is 1. The highest BCUT2D eigenvalue weighted by molar-refractivity contribution is 5.94. The van der Waals surface area contributed by atoms with E-state index in [0.29, 0.717) is 17.8 Å². The molecule has 0 saturated carbocycles. The number of halogens is 1. The summed E-state index contributed by atoms with van der Waals surface area (Å²) in [6.07, 6.45) is 0.882. The van der Waals surface area contributed by atoms with E-state index in [1.165, 1.54) is 7.11 Å². The number of rotatable bonds is 6. The third-order valence-electron chi connectivity index (χ3n) is 3.16. The smallest absolute Gasteiger partial charge is 0.255 e. The molecule has 1 heterocycles. The van der Waals surface area contributed by atoms with Crippen molar-refractivity contribution in [3.05, 3.63) is 65.5 Å². The fourth-order valence-corrected chi connectivity index (χ4v) is 1.98. The molecule has 1 aromatic carbocycles. The van der Waals surface area contributed by atoms with Crippen LogP contribution in [0.2, 0.25) is 0 Å². The molecule has 122 valence electrons. The topological polar surface area (TPSA) is 101 Å². The molecule has 6 nitrogen and oxygen atoms in total. The molecule has 0 aliphatic heterocycles. The van der Waals surface area contributed by atoms with Gasteiger partial charge in [-0.3, -0.25) is 15.2 Å². The van der Waals surface area contributed by atoms with Gasteiger partial charge in [-0.1, -0.05) is 30.3 Å². The second-order valence-electron chi connectivity index (χ2n) is 4.70. The largest absolute Gasteiger partial charge is 0.384 e. The molecule has 23 heavy (non-hydrogen) atoms. The number of benzene rings is 1. The lowest BCUT2D eigenvalue weighted by Gasteiger charge is -2.14. The van der Waals surface area contributed by atoms with Gasteiger partial charge in [-0.15, -0.1) is 12.4 Å². The Kier molecular flexibility index (Phi) is 7.18. The highest BCUT2D eigenvalue weighted by Gasteiger charge is 2.20. The SMILES string of the molecule is CO[C@H](C(=O)NCc1ccc(C(=N)N)cc1)c1ccccn1.Cl. The van der Waals surface area contributed by atoms with Crippen LogP contribution < -0.4 is 11.1 Å². The molecule has 0 fully saturated rings. The van der Waals surface area contributed by atoms with E-state index in [-0.39, 0.29) is 24.1 Å². The number of nitrogens with two attached hydrogens (primary N) is 1. The monoisotopic (exact) mass is 334 g/mol. The first-order valence-electron chi connectivity index (χ1n) is 6.76. The predicted octanol–water partition coefficient (Wildman–Crippen LogP) is 1.79. The number of hydrogen-bond donors (Lipinski definition) is 3. The maximum absolute atomic E-state index is 12.2. The first kappa shape index (κ1) is 18.6. The molecular weight excluding hydrogens is 316 g/mol. The zero-order valence-corrected chi connectivity index (χ0v) is 13.5. The maximum atomic E-state index is 12.2. The molecule has 0 aliphatic rings. The molecule has 0 radical (unpaired) electrons. The summed E-state index contributed by atoms with van der Waals surface area (Å²) in [5.74, 6) is -0.234. The fraction of sp³-hybridized carbons (Fsp3) is 0.188. The van der Waals surface area contributed by atoms with E-state index in [4.69, 9.17) is 15.9 Å². The standard InChI is InChI=1S/C16H18N4O2.ClH/c1-22-14(13-4-2-3-9-19-13)16(21)20-10-11-5-7-12(8-6-11)15(17)18;/h2-9,14H,10H2,1H3,(H3,17,18)(H,20,21);1H/t14-;/m0./s1. The Hall–Kier alpha value is -2.44. The molecule has 0 aliphatic carbocycles. The lowest BCUT2D eigenvalue weighted by molar-refractivity contribution is -0.131. The lowest BCUT2D eigenvalue weighted by Crippen LogP contribution is -2.30. The maximum Gasteiger partial charge on any atom is 0.255 e. The van der Waals surface area contributed by atoms with Crippen LogP contribution in [-0.4, -0.2) is 23.8 Å². The molecule has 2 aromatic rings. The van der Waals surface area contributed by atoms with Gasteiger partial charge in [0, 0.05) is 25.4 Å². The zero-order chi connectivity index (χ0) is 15.9.